The minimum atomic E-state index is -2.34. The SMILES string of the molecule is CNC(=O)[C@H]1[C@H](OC)C2(O)c3ccccc3CC(=O)[C@@]2(C(=O)N[C@@H](CCC(=O)O)C(=O)C=C(C)C)N1C. The number of ether oxygens (including phenoxy) is 1. The van der Waals surface area contributed by atoms with Crippen LogP contribution < -0.4 is 10.6 Å². The summed E-state index contributed by atoms with van der Waals surface area (Å²) >= 11 is 0. The molecule has 4 N–H and O–H groups in total. The largest absolute Gasteiger partial charge is 0.481 e. The minimum Gasteiger partial charge on any atom is -0.481 e. The molecule has 1 aliphatic carbocycles. The maximum absolute atomic E-state index is 14.2. The Morgan fingerprint density at radius 1 is 1.24 bits per heavy atom. The van der Waals surface area contributed by atoms with Crippen LogP contribution >= 0.6 is 0 Å². The van der Waals surface area contributed by atoms with Gasteiger partial charge in [0.05, 0.1) is 6.04 Å². The number of rotatable bonds is 9. The monoisotopic (exact) mass is 515 g/mol. The van der Waals surface area contributed by atoms with E-state index in [2.05, 4.69) is 10.6 Å². The van der Waals surface area contributed by atoms with Crippen LogP contribution in [0.2, 0.25) is 0 Å². The van der Waals surface area contributed by atoms with Gasteiger partial charge in [-0.2, -0.15) is 0 Å². The van der Waals surface area contributed by atoms with Crippen LogP contribution in [0, 0.1) is 0 Å². The molecule has 1 aromatic rings. The van der Waals surface area contributed by atoms with Gasteiger partial charge in [-0.05, 0) is 44.5 Å². The van der Waals surface area contributed by atoms with E-state index in [1.165, 1.54) is 32.2 Å². The molecule has 0 spiro atoms. The van der Waals surface area contributed by atoms with Gasteiger partial charge in [-0.1, -0.05) is 29.8 Å². The second kappa shape index (κ2) is 10.5. The van der Waals surface area contributed by atoms with E-state index in [0.29, 0.717) is 11.1 Å². The van der Waals surface area contributed by atoms with Crippen LogP contribution in [0.5, 0.6) is 0 Å². The van der Waals surface area contributed by atoms with Gasteiger partial charge in [0.1, 0.15) is 12.1 Å². The summed E-state index contributed by atoms with van der Waals surface area (Å²) in [5.74, 6) is -4.01. The highest BCUT2D eigenvalue weighted by Crippen LogP contribution is 2.54. The zero-order chi connectivity index (χ0) is 27.7. The van der Waals surface area contributed by atoms with Gasteiger partial charge >= 0.3 is 5.97 Å². The van der Waals surface area contributed by atoms with Crippen molar-refractivity contribution in [1.82, 2.24) is 15.5 Å². The molecule has 0 radical (unpaired) electrons. The Labute approximate surface area is 214 Å². The van der Waals surface area contributed by atoms with Gasteiger partial charge in [-0.15, -0.1) is 0 Å². The van der Waals surface area contributed by atoms with Gasteiger partial charge in [0.25, 0.3) is 5.91 Å². The number of benzene rings is 1. The number of likely N-dealkylation sites (tertiary alicyclic amines) is 1. The minimum absolute atomic E-state index is 0.213. The highest BCUT2D eigenvalue weighted by Gasteiger charge is 2.77. The average Bonchev–Trinajstić information content (AvgIpc) is 3.05. The fourth-order valence-electron chi connectivity index (χ4n) is 5.64. The van der Waals surface area contributed by atoms with E-state index in [4.69, 9.17) is 4.74 Å². The number of hydrogen-bond acceptors (Lipinski definition) is 8. The van der Waals surface area contributed by atoms with E-state index in [-0.39, 0.29) is 18.4 Å². The van der Waals surface area contributed by atoms with Crippen molar-refractivity contribution in [2.75, 3.05) is 21.2 Å². The number of carbonyl (C=O) groups is 5. The predicted molar refractivity (Wildman–Crippen MR) is 131 cm³/mol. The number of Topliss-reactive ketones (excluding diaryl/α,β-unsaturated/α-hetero) is 1. The standard InChI is InChI=1S/C26H33N3O8/c1-14(2)12-18(30)17(10-11-20(32)33)28-24(35)25-19(31)13-15-8-6-7-9-16(15)26(25,36)22(37-5)21(29(25)4)23(34)27-3/h6-9,12,17,21-22,36H,10-11,13H2,1-5H3,(H,27,34)(H,28,35)(H,32,33)/t17-,21+,22-,25-,26?/m0/s1. The Morgan fingerprint density at radius 3 is 2.46 bits per heavy atom. The maximum atomic E-state index is 14.2. The van der Waals surface area contributed by atoms with E-state index in [1.54, 1.807) is 38.1 Å². The molecule has 1 heterocycles. The van der Waals surface area contributed by atoms with Crippen LogP contribution in [-0.4, -0.2) is 89.4 Å². The molecule has 1 aliphatic heterocycles. The summed E-state index contributed by atoms with van der Waals surface area (Å²) in [5.41, 5.74) is -3.27. The van der Waals surface area contributed by atoms with E-state index < -0.39 is 65.1 Å². The molecule has 1 unspecified atom stereocenters. The van der Waals surface area contributed by atoms with Gasteiger partial charge < -0.3 is 25.6 Å². The summed E-state index contributed by atoms with van der Waals surface area (Å²) < 4.78 is 5.62. The number of nitrogens with one attached hydrogen (secondary N) is 2. The van der Waals surface area contributed by atoms with Crippen LogP contribution in [0.3, 0.4) is 0 Å². The van der Waals surface area contributed by atoms with Crippen LogP contribution in [0.15, 0.2) is 35.9 Å². The van der Waals surface area contributed by atoms with Crippen molar-refractivity contribution in [3.63, 3.8) is 0 Å². The third kappa shape index (κ3) is 4.36. The van der Waals surface area contributed by atoms with Crippen molar-refractivity contribution >= 4 is 29.4 Å². The molecule has 5 atom stereocenters. The Balaban J connectivity index is 2.22. The Hall–Kier alpha value is -3.41. The molecule has 0 saturated carbocycles. The summed E-state index contributed by atoms with van der Waals surface area (Å²) in [5, 5.41) is 26.6. The smallest absolute Gasteiger partial charge is 0.303 e. The number of carboxylic acids is 1. The summed E-state index contributed by atoms with van der Waals surface area (Å²) in [6.07, 6.45) is -0.926. The van der Waals surface area contributed by atoms with E-state index >= 15 is 0 Å². The maximum Gasteiger partial charge on any atom is 0.303 e. The van der Waals surface area contributed by atoms with Crippen LogP contribution in [-0.2, 0) is 40.7 Å². The topological polar surface area (TPSA) is 162 Å². The lowest BCUT2D eigenvalue weighted by molar-refractivity contribution is -0.170. The molecule has 37 heavy (non-hydrogen) atoms. The molecule has 11 nitrogen and oxygen atoms in total. The third-order valence-electron chi connectivity index (χ3n) is 7.20. The van der Waals surface area contributed by atoms with Crippen LogP contribution in [0.4, 0.5) is 0 Å². The van der Waals surface area contributed by atoms with Crippen molar-refractivity contribution in [2.45, 2.75) is 62.4 Å². The Kier molecular flexibility index (Phi) is 8.01. The van der Waals surface area contributed by atoms with Crippen molar-refractivity contribution in [3.05, 3.63) is 47.0 Å². The number of amides is 2. The molecule has 0 aromatic heterocycles. The zero-order valence-electron chi connectivity index (χ0n) is 21.5. The van der Waals surface area contributed by atoms with Crippen LogP contribution in [0.25, 0.3) is 0 Å². The lowest BCUT2D eigenvalue weighted by Gasteiger charge is -2.47. The summed E-state index contributed by atoms with van der Waals surface area (Å²) in [7, 11) is 4.03. The number of likely N-dealkylation sites (N-methyl/N-ethyl adjacent to an activating group) is 2. The number of fused-ring (bicyclic) bond motifs is 3. The van der Waals surface area contributed by atoms with Crippen molar-refractivity contribution in [3.8, 4) is 0 Å². The van der Waals surface area contributed by atoms with E-state index in [9.17, 15) is 34.2 Å². The van der Waals surface area contributed by atoms with E-state index in [0.717, 1.165) is 0 Å². The highest BCUT2D eigenvalue weighted by molar-refractivity contribution is 6.16. The van der Waals surface area contributed by atoms with Gasteiger partial charge in [-0.25, -0.2) is 0 Å². The lowest BCUT2D eigenvalue weighted by Crippen LogP contribution is -2.73. The number of ketones is 2. The Morgan fingerprint density at radius 2 is 1.89 bits per heavy atom. The number of aliphatic hydroxyl groups is 1. The molecule has 1 fully saturated rings. The predicted octanol–water partition coefficient (Wildman–Crippen LogP) is -0.302. The molecule has 1 saturated heterocycles. The van der Waals surface area contributed by atoms with Crippen LogP contribution in [0.1, 0.15) is 37.8 Å². The zero-order valence-corrected chi connectivity index (χ0v) is 21.5. The fraction of sp³-hybridized carbons (Fsp3) is 0.500. The van der Waals surface area contributed by atoms with Gasteiger partial charge in [0, 0.05) is 27.0 Å². The second-order valence-electron chi connectivity index (χ2n) is 9.64. The number of methoxy groups -OCH3 is 1. The molecule has 3 rings (SSSR count). The third-order valence-corrected chi connectivity index (χ3v) is 7.20. The first-order chi connectivity index (χ1) is 17.4. The first-order valence-electron chi connectivity index (χ1n) is 11.9. The number of carboxylic acid groups (broad SMARTS) is 1. The molecule has 2 amide bonds. The summed E-state index contributed by atoms with van der Waals surface area (Å²) in [4.78, 5) is 66.4. The van der Waals surface area contributed by atoms with Crippen molar-refractivity contribution in [2.24, 2.45) is 0 Å². The van der Waals surface area contributed by atoms with E-state index in [1.807, 2.05) is 0 Å². The highest BCUT2D eigenvalue weighted by atomic mass is 16.5. The number of nitrogens with zero attached hydrogens (tertiary/aromatic N) is 1. The van der Waals surface area contributed by atoms with Crippen molar-refractivity contribution < 1.29 is 38.9 Å². The molecule has 1 aromatic carbocycles. The fourth-order valence-corrected chi connectivity index (χ4v) is 5.64. The average molecular weight is 516 g/mol. The number of aliphatic carboxylic acids is 1. The molecular formula is C26H33N3O8. The van der Waals surface area contributed by atoms with Crippen molar-refractivity contribution in [1.29, 1.82) is 0 Å². The molecule has 2 aliphatic rings. The quantitative estimate of drug-likeness (QED) is 0.255. The second-order valence-corrected chi connectivity index (χ2v) is 9.64. The first kappa shape index (κ1) is 28.2. The number of allylic oxidation sites excluding steroid dienone is 1. The summed E-state index contributed by atoms with van der Waals surface area (Å²) in [6.45, 7) is 3.35. The molecule has 0 bridgehead atoms. The molecule has 200 valence electrons. The number of carbonyl (C=O) groups excluding carboxylic acids is 4. The normalized spacial score (nSPS) is 27.5. The molecule has 11 heteroatoms. The lowest BCUT2D eigenvalue weighted by atomic mass is 9.64. The first-order valence-corrected chi connectivity index (χ1v) is 11.9. The Bertz CT molecular complexity index is 1160. The molecular weight excluding hydrogens is 482 g/mol. The van der Waals surface area contributed by atoms with Gasteiger partial charge in [0.2, 0.25) is 5.91 Å². The number of hydrogen-bond donors (Lipinski definition) is 4. The van der Waals surface area contributed by atoms with Gasteiger partial charge in [0.15, 0.2) is 22.7 Å². The summed E-state index contributed by atoms with van der Waals surface area (Å²) in [6, 6.07) is 4.04. The van der Waals surface area contributed by atoms with Gasteiger partial charge in [-0.3, -0.25) is 28.9 Å².